The van der Waals surface area contributed by atoms with Crippen LogP contribution in [0.15, 0.2) is 43.2 Å². The van der Waals surface area contributed by atoms with E-state index in [4.69, 9.17) is 0 Å². The molecule has 0 atom stereocenters. The van der Waals surface area contributed by atoms with Crippen molar-refractivity contribution in [2.75, 3.05) is 17.6 Å². The molecule has 7 nitrogen and oxygen atoms in total. The SMILES string of the molecule is C=Cc1ccc(CN(c2cncc(F)c2)S(C)(=O)=O)c(F)c1.CNNC(=O)C(F)F. The van der Waals surface area contributed by atoms with Gasteiger partial charge in [0, 0.05) is 18.7 Å². The summed E-state index contributed by atoms with van der Waals surface area (Å²) in [5, 5.41) is 0. The average molecular weight is 448 g/mol. The Morgan fingerprint density at radius 2 is 1.93 bits per heavy atom. The first-order chi connectivity index (χ1) is 14.0. The number of anilines is 1. The number of nitrogens with zero attached hydrogens (tertiary/aromatic N) is 2. The standard InChI is InChI=1S/C15H14F2N2O2S.C3H6F2N2O/c1-3-11-4-5-12(15(17)6-11)10-19(22(2,20)21)14-7-13(16)8-18-9-14;1-6-7-3(8)2(4)5/h3-9H,1,10H2,2H3;2,6H,1H3,(H,7,8). The zero-order valence-electron chi connectivity index (χ0n) is 16.1. The smallest absolute Gasteiger partial charge is 0.287 e. The molecular formula is C18H20F4N4O3S. The molecular weight excluding hydrogens is 428 g/mol. The van der Waals surface area contributed by atoms with Gasteiger partial charge in [-0.3, -0.25) is 19.5 Å². The lowest BCUT2D eigenvalue weighted by Gasteiger charge is -2.22. The van der Waals surface area contributed by atoms with Gasteiger partial charge in [0.25, 0.3) is 0 Å². The minimum Gasteiger partial charge on any atom is -0.287 e. The molecule has 0 fully saturated rings. The maximum absolute atomic E-state index is 14.0. The normalized spacial score (nSPS) is 10.8. The summed E-state index contributed by atoms with van der Waals surface area (Å²) in [5.41, 5.74) is 4.56. The number of sulfonamides is 1. The number of halogens is 4. The highest BCUT2D eigenvalue weighted by atomic mass is 32.2. The summed E-state index contributed by atoms with van der Waals surface area (Å²) in [6, 6.07) is 5.38. The molecule has 2 N–H and O–H groups in total. The Kier molecular flexibility index (Phi) is 9.40. The molecule has 1 amide bonds. The number of carbonyl (C=O) groups excluding carboxylic acids is 1. The van der Waals surface area contributed by atoms with Crippen LogP contribution in [-0.4, -0.2) is 39.0 Å². The zero-order valence-corrected chi connectivity index (χ0v) is 16.9. The highest BCUT2D eigenvalue weighted by Gasteiger charge is 2.20. The fraction of sp³-hybridized carbons (Fsp3) is 0.222. The van der Waals surface area contributed by atoms with E-state index >= 15 is 0 Å². The summed E-state index contributed by atoms with van der Waals surface area (Å²) in [6.45, 7) is 3.28. The lowest BCUT2D eigenvalue weighted by atomic mass is 10.1. The minimum absolute atomic E-state index is 0.0368. The van der Waals surface area contributed by atoms with Crippen LogP contribution < -0.4 is 15.2 Å². The molecule has 2 aromatic rings. The molecule has 0 bridgehead atoms. The first-order valence-electron chi connectivity index (χ1n) is 8.23. The van der Waals surface area contributed by atoms with Gasteiger partial charge in [0.15, 0.2) is 0 Å². The van der Waals surface area contributed by atoms with Crippen LogP contribution in [0.4, 0.5) is 23.2 Å². The number of benzene rings is 1. The lowest BCUT2D eigenvalue weighted by molar-refractivity contribution is -0.132. The summed E-state index contributed by atoms with van der Waals surface area (Å²) < 4.78 is 74.3. The van der Waals surface area contributed by atoms with Crippen LogP contribution in [0.2, 0.25) is 0 Å². The second-order valence-electron chi connectivity index (χ2n) is 5.73. The van der Waals surface area contributed by atoms with Crippen LogP contribution in [0.3, 0.4) is 0 Å². The Labute approximate surface area is 171 Å². The molecule has 0 spiro atoms. The van der Waals surface area contributed by atoms with Gasteiger partial charge in [0.05, 0.1) is 30.9 Å². The average Bonchev–Trinajstić information content (AvgIpc) is 2.66. The number of carbonyl (C=O) groups is 1. The minimum atomic E-state index is -3.73. The topological polar surface area (TPSA) is 91.4 Å². The highest BCUT2D eigenvalue weighted by molar-refractivity contribution is 7.92. The number of rotatable bonds is 7. The van der Waals surface area contributed by atoms with E-state index in [1.165, 1.54) is 31.5 Å². The van der Waals surface area contributed by atoms with E-state index in [2.05, 4.69) is 17.0 Å². The lowest BCUT2D eigenvalue weighted by Crippen LogP contribution is -2.38. The molecule has 1 heterocycles. The summed E-state index contributed by atoms with van der Waals surface area (Å²) in [7, 11) is -2.39. The molecule has 0 radical (unpaired) electrons. The maximum atomic E-state index is 14.0. The Hall–Kier alpha value is -2.99. The summed E-state index contributed by atoms with van der Waals surface area (Å²) >= 11 is 0. The van der Waals surface area contributed by atoms with E-state index in [0.717, 1.165) is 22.8 Å². The van der Waals surface area contributed by atoms with E-state index in [0.29, 0.717) is 5.56 Å². The predicted molar refractivity (Wildman–Crippen MR) is 105 cm³/mol. The van der Waals surface area contributed by atoms with Crippen molar-refractivity contribution in [2.24, 2.45) is 0 Å². The van der Waals surface area contributed by atoms with Crippen molar-refractivity contribution in [2.45, 2.75) is 13.0 Å². The van der Waals surface area contributed by atoms with Crippen LogP contribution in [0, 0.1) is 11.6 Å². The summed E-state index contributed by atoms with van der Waals surface area (Å²) in [5.74, 6) is -2.54. The molecule has 12 heteroatoms. The second kappa shape index (κ2) is 11.3. The van der Waals surface area contributed by atoms with Gasteiger partial charge >= 0.3 is 12.3 Å². The number of nitrogens with one attached hydrogen (secondary N) is 2. The summed E-state index contributed by atoms with van der Waals surface area (Å²) in [4.78, 5) is 13.4. The number of aromatic nitrogens is 1. The largest absolute Gasteiger partial charge is 0.316 e. The molecule has 0 aliphatic heterocycles. The van der Waals surface area contributed by atoms with Crippen LogP contribution in [0.1, 0.15) is 11.1 Å². The molecule has 0 aliphatic rings. The van der Waals surface area contributed by atoms with E-state index in [1.807, 2.05) is 0 Å². The van der Waals surface area contributed by atoms with E-state index in [1.54, 1.807) is 11.5 Å². The number of hydrogen-bond donors (Lipinski definition) is 2. The molecule has 1 aromatic heterocycles. The molecule has 0 saturated heterocycles. The third-order valence-corrected chi connectivity index (χ3v) is 4.59. The quantitative estimate of drug-likeness (QED) is 0.502. The van der Waals surface area contributed by atoms with Gasteiger partial charge < -0.3 is 0 Å². The van der Waals surface area contributed by atoms with Gasteiger partial charge in [-0.15, -0.1) is 0 Å². The van der Waals surface area contributed by atoms with Crippen molar-refractivity contribution in [3.8, 4) is 0 Å². The van der Waals surface area contributed by atoms with Crippen LogP contribution in [0.25, 0.3) is 6.08 Å². The Balaban J connectivity index is 0.000000479. The van der Waals surface area contributed by atoms with Crippen molar-refractivity contribution < 1.29 is 30.8 Å². The number of hydrogen-bond acceptors (Lipinski definition) is 5. The molecule has 0 unspecified atom stereocenters. The highest BCUT2D eigenvalue weighted by Crippen LogP contribution is 2.22. The van der Waals surface area contributed by atoms with Crippen LogP contribution in [0.5, 0.6) is 0 Å². The first kappa shape index (κ1) is 25.0. The van der Waals surface area contributed by atoms with Crippen molar-refractivity contribution in [3.63, 3.8) is 0 Å². The van der Waals surface area contributed by atoms with Crippen LogP contribution >= 0.6 is 0 Å². The monoisotopic (exact) mass is 448 g/mol. The van der Waals surface area contributed by atoms with Gasteiger partial charge in [0.1, 0.15) is 11.6 Å². The van der Waals surface area contributed by atoms with Crippen molar-refractivity contribution >= 4 is 27.7 Å². The number of hydrazine groups is 1. The Morgan fingerprint density at radius 3 is 2.37 bits per heavy atom. The van der Waals surface area contributed by atoms with Crippen molar-refractivity contribution in [3.05, 3.63) is 66.0 Å². The molecule has 164 valence electrons. The third kappa shape index (κ3) is 7.79. The van der Waals surface area contributed by atoms with Crippen molar-refractivity contribution in [1.29, 1.82) is 0 Å². The molecule has 1 aromatic carbocycles. The maximum Gasteiger partial charge on any atom is 0.316 e. The molecule has 0 aliphatic carbocycles. The zero-order chi connectivity index (χ0) is 22.9. The van der Waals surface area contributed by atoms with Gasteiger partial charge in [0.2, 0.25) is 10.0 Å². The Morgan fingerprint density at radius 1 is 1.27 bits per heavy atom. The van der Waals surface area contributed by atoms with Gasteiger partial charge in [-0.25, -0.2) is 22.6 Å². The fourth-order valence-corrected chi connectivity index (χ4v) is 2.94. The van der Waals surface area contributed by atoms with E-state index in [-0.39, 0.29) is 17.8 Å². The number of pyridine rings is 1. The fourth-order valence-electron chi connectivity index (χ4n) is 2.09. The predicted octanol–water partition coefficient (Wildman–Crippen LogP) is 2.47. The molecule has 2 rings (SSSR count). The Bertz CT molecular complexity index is 987. The van der Waals surface area contributed by atoms with Gasteiger partial charge in [-0.2, -0.15) is 8.78 Å². The molecule has 0 saturated carbocycles. The van der Waals surface area contributed by atoms with E-state index in [9.17, 15) is 30.8 Å². The van der Waals surface area contributed by atoms with Gasteiger partial charge in [-0.05, 0) is 11.6 Å². The number of alkyl halides is 2. The van der Waals surface area contributed by atoms with Gasteiger partial charge in [-0.1, -0.05) is 24.8 Å². The summed E-state index contributed by atoms with van der Waals surface area (Å²) in [6.07, 6.45) is 1.68. The van der Waals surface area contributed by atoms with E-state index < -0.39 is 34.0 Å². The second-order valence-corrected chi connectivity index (χ2v) is 7.63. The van der Waals surface area contributed by atoms with Crippen molar-refractivity contribution in [1.82, 2.24) is 15.8 Å². The molecule has 30 heavy (non-hydrogen) atoms. The van der Waals surface area contributed by atoms with Crippen LogP contribution in [-0.2, 0) is 21.4 Å². The first-order valence-corrected chi connectivity index (χ1v) is 10.1. The third-order valence-electron chi connectivity index (χ3n) is 3.45. The number of amides is 1.